The molecule has 0 aliphatic carbocycles. The molecule has 0 saturated carbocycles. The number of carbonyl (C=O) groups excluding carboxylic acids is 1. The Bertz CT molecular complexity index is 896. The van der Waals surface area contributed by atoms with Gasteiger partial charge >= 0.3 is 0 Å². The topological polar surface area (TPSA) is 69.0 Å². The second-order valence-electron chi connectivity index (χ2n) is 5.15. The first kappa shape index (κ1) is 17.3. The minimum absolute atomic E-state index is 0.284. The molecule has 3 aromatic rings. The maximum absolute atomic E-state index is 12.5. The Labute approximate surface area is 154 Å². The van der Waals surface area contributed by atoms with Crippen LogP contribution >= 0.6 is 23.4 Å². The van der Waals surface area contributed by atoms with Gasteiger partial charge in [0.2, 0.25) is 0 Å². The average Bonchev–Trinajstić information content (AvgIpc) is 3.01. The summed E-state index contributed by atoms with van der Waals surface area (Å²) in [5, 5.41) is 12.0. The van der Waals surface area contributed by atoms with Crippen molar-refractivity contribution in [2.24, 2.45) is 7.05 Å². The summed E-state index contributed by atoms with van der Waals surface area (Å²) in [4.78, 5) is 13.5. The van der Waals surface area contributed by atoms with Crippen molar-refractivity contribution in [1.82, 2.24) is 14.8 Å². The van der Waals surface area contributed by atoms with Crippen molar-refractivity contribution < 1.29 is 9.53 Å². The van der Waals surface area contributed by atoms with E-state index in [4.69, 9.17) is 16.3 Å². The number of halogens is 1. The molecule has 0 bridgehead atoms. The van der Waals surface area contributed by atoms with Crippen molar-refractivity contribution in [3.8, 4) is 5.75 Å². The molecule has 25 heavy (non-hydrogen) atoms. The quantitative estimate of drug-likeness (QED) is 0.733. The summed E-state index contributed by atoms with van der Waals surface area (Å²) in [6.07, 6.45) is 1.65. The fraction of sp³-hybridized carbons (Fsp3) is 0.118. The van der Waals surface area contributed by atoms with E-state index in [0.29, 0.717) is 22.0 Å². The van der Waals surface area contributed by atoms with E-state index in [2.05, 4.69) is 15.5 Å². The number of nitrogens with zero attached hydrogens (tertiary/aromatic N) is 3. The van der Waals surface area contributed by atoms with Crippen LogP contribution in [0, 0.1) is 0 Å². The molecule has 0 saturated heterocycles. The van der Waals surface area contributed by atoms with Crippen LogP contribution in [0.5, 0.6) is 5.75 Å². The molecule has 0 unspecified atom stereocenters. The van der Waals surface area contributed by atoms with Crippen LogP contribution in [0.25, 0.3) is 0 Å². The van der Waals surface area contributed by atoms with Gasteiger partial charge in [-0.1, -0.05) is 11.6 Å². The second kappa shape index (κ2) is 7.58. The zero-order valence-electron chi connectivity index (χ0n) is 13.6. The molecule has 0 aliphatic heterocycles. The molecule has 8 heteroatoms. The summed E-state index contributed by atoms with van der Waals surface area (Å²) in [6, 6.07) is 12.4. The van der Waals surface area contributed by atoms with Crippen LogP contribution in [0.4, 0.5) is 5.69 Å². The second-order valence-corrected chi connectivity index (χ2v) is 6.63. The third kappa shape index (κ3) is 4.12. The molecule has 0 aliphatic rings. The van der Waals surface area contributed by atoms with Gasteiger partial charge in [0.1, 0.15) is 12.1 Å². The molecule has 1 heterocycles. The number of carbonyl (C=O) groups is 1. The Hall–Kier alpha value is -2.51. The number of amides is 1. The van der Waals surface area contributed by atoms with E-state index in [1.54, 1.807) is 24.5 Å². The highest BCUT2D eigenvalue weighted by Gasteiger charge is 2.13. The zero-order chi connectivity index (χ0) is 17.8. The molecule has 0 radical (unpaired) electrons. The maximum Gasteiger partial charge on any atom is 0.259 e. The third-order valence-corrected chi connectivity index (χ3v) is 4.69. The Balaban J connectivity index is 1.72. The van der Waals surface area contributed by atoms with Crippen molar-refractivity contribution in [3.05, 3.63) is 59.4 Å². The maximum atomic E-state index is 12.5. The largest absolute Gasteiger partial charge is 0.496 e. The monoisotopic (exact) mass is 374 g/mol. The number of anilines is 1. The summed E-state index contributed by atoms with van der Waals surface area (Å²) in [7, 11) is 3.40. The number of nitrogens with one attached hydrogen (secondary N) is 1. The highest BCUT2D eigenvalue weighted by molar-refractivity contribution is 7.99. The highest BCUT2D eigenvalue weighted by Crippen LogP contribution is 2.27. The fourth-order valence-electron chi connectivity index (χ4n) is 2.13. The summed E-state index contributed by atoms with van der Waals surface area (Å²) >= 11 is 7.46. The van der Waals surface area contributed by atoms with Crippen LogP contribution < -0.4 is 10.1 Å². The molecule has 3 rings (SSSR count). The van der Waals surface area contributed by atoms with Gasteiger partial charge in [-0.05, 0) is 54.2 Å². The lowest BCUT2D eigenvalue weighted by Crippen LogP contribution is -2.13. The predicted molar refractivity (Wildman–Crippen MR) is 97.5 cm³/mol. The summed E-state index contributed by atoms with van der Waals surface area (Å²) < 4.78 is 7.05. The number of hydrogen-bond acceptors (Lipinski definition) is 5. The van der Waals surface area contributed by atoms with Crippen LogP contribution in [-0.4, -0.2) is 27.8 Å². The van der Waals surface area contributed by atoms with Crippen molar-refractivity contribution in [2.75, 3.05) is 12.4 Å². The molecule has 1 N–H and O–H groups in total. The number of aromatic nitrogens is 3. The van der Waals surface area contributed by atoms with Crippen LogP contribution in [0.2, 0.25) is 5.02 Å². The number of methoxy groups -OCH3 is 1. The molecule has 2 aromatic carbocycles. The predicted octanol–water partition coefficient (Wildman–Crippen LogP) is 3.88. The van der Waals surface area contributed by atoms with Crippen LogP contribution in [0.15, 0.2) is 58.8 Å². The summed E-state index contributed by atoms with van der Waals surface area (Å²) in [5.74, 6) is 0.185. The molecule has 0 spiro atoms. The van der Waals surface area contributed by atoms with Gasteiger partial charge in [-0.3, -0.25) is 4.79 Å². The molecule has 1 aromatic heterocycles. The minimum atomic E-state index is -0.284. The van der Waals surface area contributed by atoms with Gasteiger partial charge in [0.25, 0.3) is 5.91 Å². The van der Waals surface area contributed by atoms with Crippen LogP contribution in [0.1, 0.15) is 10.4 Å². The van der Waals surface area contributed by atoms with Gasteiger partial charge in [-0.25, -0.2) is 0 Å². The number of rotatable bonds is 5. The third-order valence-electron chi connectivity index (χ3n) is 3.40. The van der Waals surface area contributed by atoms with E-state index >= 15 is 0 Å². The first-order valence-electron chi connectivity index (χ1n) is 7.33. The number of benzene rings is 2. The minimum Gasteiger partial charge on any atom is -0.496 e. The molecular formula is C17H15ClN4O2S. The van der Waals surface area contributed by atoms with E-state index < -0.39 is 0 Å². The SMILES string of the molecule is COc1ccc(Cl)cc1C(=O)Nc1ccc(Sc2nncn2C)cc1. The molecule has 0 atom stereocenters. The van der Waals surface area contributed by atoms with Crippen molar-refractivity contribution in [2.45, 2.75) is 10.1 Å². The molecule has 128 valence electrons. The average molecular weight is 375 g/mol. The first-order chi connectivity index (χ1) is 12.1. The van der Waals surface area contributed by atoms with Gasteiger partial charge in [0, 0.05) is 22.7 Å². The Kier molecular flexibility index (Phi) is 5.25. The van der Waals surface area contributed by atoms with E-state index in [1.165, 1.54) is 18.9 Å². The summed E-state index contributed by atoms with van der Waals surface area (Å²) in [5.41, 5.74) is 1.06. The highest BCUT2D eigenvalue weighted by atomic mass is 35.5. The van der Waals surface area contributed by atoms with Crippen molar-refractivity contribution in [1.29, 1.82) is 0 Å². The first-order valence-corrected chi connectivity index (χ1v) is 8.53. The van der Waals surface area contributed by atoms with Crippen LogP contribution in [0.3, 0.4) is 0 Å². The van der Waals surface area contributed by atoms with Crippen LogP contribution in [-0.2, 0) is 7.05 Å². The Morgan fingerprint density at radius 1 is 1.24 bits per heavy atom. The summed E-state index contributed by atoms with van der Waals surface area (Å²) in [6.45, 7) is 0. The van der Waals surface area contributed by atoms with Gasteiger partial charge in [0.15, 0.2) is 5.16 Å². The lowest BCUT2D eigenvalue weighted by molar-refractivity contribution is 0.102. The molecular weight excluding hydrogens is 360 g/mol. The van der Waals surface area contributed by atoms with E-state index in [0.717, 1.165) is 10.1 Å². The Morgan fingerprint density at radius 3 is 2.64 bits per heavy atom. The number of hydrogen-bond donors (Lipinski definition) is 1. The molecule has 6 nitrogen and oxygen atoms in total. The van der Waals surface area contributed by atoms with Crippen molar-refractivity contribution in [3.63, 3.8) is 0 Å². The van der Waals surface area contributed by atoms with Crippen molar-refractivity contribution >= 4 is 35.0 Å². The Morgan fingerprint density at radius 2 is 2.00 bits per heavy atom. The zero-order valence-corrected chi connectivity index (χ0v) is 15.1. The normalized spacial score (nSPS) is 10.5. The smallest absolute Gasteiger partial charge is 0.259 e. The van der Waals surface area contributed by atoms with E-state index in [1.807, 2.05) is 35.9 Å². The van der Waals surface area contributed by atoms with Gasteiger partial charge < -0.3 is 14.6 Å². The van der Waals surface area contributed by atoms with E-state index in [9.17, 15) is 4.79 Å². The fourth-order valence-corrected chi connectivity index (χ4v) is 3.07. The number of aryl methyl sites for hydroxylation is 1. The molecule has 0 fully saturated rings. The van der Waals surface area contributed by atoms with Gasteiger partial charge in [0.05, 0.1) is 12.7 Å². The van der Waals surface area contributed by atoms with Gasteiger partial charge in [-0.2, -0.15) is 0 Å². The molecule has 1 amide bonds. The standard InChI is InChI=1S/C17H15ClN4O2S/c1-22-10-19-21-17(22)25-13-6-4-12(5-7-13)20-16(23)14-9-11(18)3-8-15(14)24-2/h3-10H,1-2H3,(H,20,23). The lowest BCUT2D eigenvalue weighted by atomic mass is 10.2. The lowest BCUT2D eigenvalue weighted by Gasteiger charge is -2.10. The number of ether oxygens (including phenoxy) is 1. The van der Waals surface area contributed by atoms with Gasteiger partial charge in [-0.15, -0.1) is 10.2 Å². The van der Waals surface area contributed by atoms with E-state index in [-0.39, 0.29) is 5.91 Å².